The van der Waals surface area contributed by atoms with Crippen LogP contribution in [0.5, 0.6) is 5.75 Å². The van der Waals surface area contributed by atoms with Crippen LogP contribution in [-0.2, 0) is 13.0 Å². The highest BCUT2D eigenvalue weighted by molar-refractivity contribution is 9.10. The van der Waals surface area contributed by atoms with E-state index < -0.39 is 0 Å². The maximum absolute atomic E-state index is 12.5. The quantitative estimate of drug-likeness (QED) is 0.786. The molecule has 0 bridgehead atoms. The molecule has 0 aliphatic carbocycles. The monoisotopic (exact) mass is 336 g/mol. The average molecular weight is 337 g/mol. The van der Waals surface area contributed by atoms with E-state index in [0.29, 0.717) is 18.7 Å². The average Bonchev–Trinajstić information content (AvgIpc) is 2.80. The minimum absolute atomic E-state index is 0.0452. The zero-order valence-corrected chi connectivity index (χ0v) is 13.4. The van der Waals surface area contributed by atoms with Gasteiger partial charge < -0.3 is 4.74 Å². The van der Waals surface area contributed by atoms with E-state index in [4.69, 9.17) is 4.74 Å². The van der Waals surface area contributed by atoms with Crippen molar-refractivity contribution >= 4 is 21.7 Å². The Morgan fingerprint density at radius 3 is 2.80 bits per heavy atom. The topological polar surface area (TPSA) is 44.1 Å². The van der Waals surface area contributed by atoms with Crippen molar-refractivity contribution in [1.82, 2.24) is 9.78 Å². The number of carbonyl (C=O) groups excluding carboxylic acids is 1. The lowest BCUT2D eigenvalue weighted by molar-refractivity contribution is 0.0982. The van der Waals surface area contributed by atoms with Gasteiger partial charge in [0.05, 0.1) is 12.8 Å². The van der Waals surface area contributed by atoms with Crippen LogP contribution in [0.4, 0.5) is 0 Å². The minimum atomic E-state index is 0.0452. The van der Waals surface area contributed by atoms with Gasteiger partial charge in [0.15, 0.2) is 5.78 Å². The predicted octanol–water partition coefficient (Wildman–Crippen LogP) is 3.41. The molecule has 2 rings (SSSR count). The molecular weight excluding hydrogens is 320 g/mol. The van der Waals surface area contributed by atoms with E-state index in [1.165, 1.54) is 0 Å². The molecule has 1 heterocycles. The number of aryl methyl sites for hydroxylation is 2. The second-order valence-electron chi connectivity index (χ2n) is 4.54. The summed E-state index contributed by atoms with van der Waals surface area (Å²) in [6.07, 6.45) is 0.299. The second kappa shape index (κ2) is 6.22. The van der Waals surface area contributed by atoms with Crippen LogP contribution in [0.2, 0.25) is 0 Å². The van der Waals surface area contributed by atoms with Gasteiger partial charge in [-0.1, -0.05) is 15.9 Å². The molecule has 0 N–H and O–H groups in total. The van der Waals surface area contributed by atoms with Crippen molar-refractivity contribution < 1.29 is 9.53 Å². The van der Waals surface area contributed by atoms with E-state index in [-0.39, 0.29) is 5.78 Å². The normalized spacial score (nSPS) is 10.6. The molecule has 0 fully saturated rings. The molecule has 0 unspecified atom stereocenters. The van der Waals surface area contributed by atoms with E-state index in [1.54, 1.807) is 11.8 Å². The number of carbonyl (C=O) groups is 1. The smallest absolute Gasteiger partial charge is 0.185 e. The summed E-state index contributed by atoms with van der Waals surface area (Å²) in [4.78, 5) is 12.5. The van der Waals surface area contributed by atoms with Gasteiger partial charge >= 0.3 is 0 Å². The lowest BCUT2D eigenvalue weighted by atomic mass is 10.1. The Morgan fingerprint density at radius 2 is 2.15 bits per heavy atom. The molecule has 0 amide bonds. The van der Waals surface area contributed by atoms with Crippen LogP contribution in [0.1, 0.15) is 28.7 Å². The molecule has 5 heteroatoms. The SMILES string of the molecule is CCn1nc(C)cc1C(=O)Cc1cc(Br)ccc1OC. The van der Waals surface area contributed by atoms with E-state index in [0.717, 1.165) is 21.5 Å². The second-order valence-corrected chi connectivity index (χ2v) is 5.46. The number of methoxy groups -OCH3 is 1. The van der Waals surface area contributed by atoms with E-state index in [9.17, 15) is 4.79 Å². The highest BCUT2D eigenvalue weighted by Gasteiger charge is 2.16. The third-order valence-corrected chi connectivity index (χ3v) is 3.57. The summed E-state index contributed by atoms with van der Waals surface area (Å²) in [6, 6.07) is 7.49. The minimum Gasteiger partial charge on any atom is -0.496 e. The summed E-state index contributed by atoms with van der Waals surface area (Å²) < 4.78 is 7.97. The van der Waals surface area contributed by atoms with Crippen LogP contribution >= 0.6 is 15.9 Å². The number of hydrogen-bond acceptors (Lipinski definition) is 3. The molecule has 0 atom stereocenters. The number of ketones is 1. The maximum Gasteiger partial charge on any atom is 0.185 e. The van der Waals surface area contributed by atoms with Gasteiger partial charge in [0.1, 0.15) is 11.4 Å². The Hall–Kier alpha value is -1.62. The summed E-state index contributed by atoms with van der Waals surface area (Å²) in [6.45, 7) is 4.55. The maximum atomic E-state index is 12.5. The Kier molecular flexibility index (Phi) is 4.60. The van der Waals surface area contributed by atoms with Crippen LogP contribution in [0.15, 0.2) is 28.7 Å². The number of Topliss-reactive ketones (excluding diaryl/α,β-unsaturated/α-hetero) is 1. The van der Waals surface area contributed by atoms with Crippen molar-refractivity contribution in [1.29, 1.82) is 0 Å². The number of hydrogen-bond donors (Lipinski definition) is 0. The van der Waals surface area contributed by atoms with Crippen LogP contribution in [-0.4, -0.2) is 22.7 Å². The largest absolute Gasteiger partial charge is 0.496 e. The number of aromatic nitrogens is 2. The highest BCUT2D eigenvalue weighted by atomic mass is 79.9. The fraction of sp³-hybridized carbons (Fsp3) is 0.333. The predicted molar refractivity (Wildman–Crippen MR) is 81.4 cm³/mol. The molecule has 0 saturated heterocycles. The number of rotatable bonds is 5. The van der Waals surface area contributed by atoms with Crippen molar-refractivity contribution in [3.05, 3.63) is 45.7 Å². The van der Waals surface area contributed by atoms with Crippen LogP contribution in [0.25, 0.3) is 0 Å². The molecule has 20 heavy (non-hydrogen) atoms. The summed E-state index contributed by atoms with van der Waals surface area (Å²) in [7, 11) is 1.61. The Labute approximate surface area is 126 Å². The summed E-state index contributed by atoms with van der Waals surface area (Å²) in [5, 5.41) is 4.31. The van der Waals surface area contributed by atoms with Crippen molar-refractivity contribution in [3.63, 3.8) is 0 Å². The summed E-state index contributed by atoms with van der Waals surface area (Å²) >= 11 is 3.42. The Morgan fingerprint density at radius 1 is 1.40 bits per heavy atom. The van der Waals surface area contributed by atoms with Crippen LogP contribution in [0, 0.1) is 6.92 Å². The Bertz CT molecular complexity index is 635. The molecule has 1 aromatic carbocycles. The molecule has 0 spiro atoms. The summed E-state index contributed by atoms with van der Waals surface area (Å²) in [5.74, 6) is 0.768. The zero-order chi connectivity index (χ0) is 14.7. The first-order valence-corrected chi connectivity index (χ1v) is 7.24. The molecule has 0 aliphatic heterocycles. The van der Waals surface area contributed by atoms with Crippen molar-refractivity contribution in [2.24, 2.45) is 0 Å². The highest BCUT2D eigenvalue weighted by Crippen LogP contribution is 2.24. The standard InChI is InChI=1S/C15H17BrN2O2/c1-4-18-13(7-10(2)17-18)14(19)9-11-8-12(16)5-6-15(11)20-3/h5-8H,4,9H2,1-3H3. The van der Waals surface area contributed by atoms with Gasteiger partial charge in [-0.15, -0.1) is 0 Å². The van der Waals surface area contributed by atoms with E-state index in [2.05, 4.69) is 21.0 Å². The first kappa shape index (κ1) is 14.8. The van der Waals surface area contributed by atoms with Crippen LogP contribution in [0.3, 0.4) is 0 Å². The van der Waals surface area contributed by atoms with Gasteiger partial charge in [-0.2, -0.15) is 5.10 Å². The molecule has 4 nitrogen and oxygen atoms in total. The number of halogens is 1. The number of benzene rings is 1. The summed E-state index contributed by atoms with van der Waals surface area (Å²) in [5.41, 5.74) is 2.37. The molecule has 106 valence electrons. The fourth-order valence-electron chi connectivity index (χ4n) is 2.16. The first-order valence-electron chi connectivity index (χ1n) is 6.45. The molecule has 0 radical (unpaired) electrons. The van der Waals surface area contributed by atoms with Gasteiger partial charge in [-0.3, -0.25) is 9.48 Å². The van der Waals surface area contributed by atoms with Gasteiger partial charge in [0.25, 0.3) is 0 Å². The lowest BCUT2D eigenvalue weighted by Crippen LogP contribution is -2.12. The molecule has 2 aromatic rings. The third kappa shape index (κ3) is 3.10. The van der Waals surface area contributed by atoms with Gasteiger partial charge in [-0.05, 0) is 38.1 Å². The number of nitrogens with zero attached hydrogens (tertiary/aromatic N) is 2. The zero-order valence-electron chi connectivity index (χ0n) is 11.8. The fourth-order valence-corrected chi connectivity index (χ4v) is 2.57. The van der Waals surface area contributed by atoms with Crippen molar-refractivity contribution in [2.45, 2.75) is 26.8 Å². The van der Waals surface area contributed by atoms with E-state index in [1.807, 2.05) is 38.1 Å². The van der Waals surface area contributed by atoms with Gasteiger partial charge in [0, 0.05) is 23.0 Å². The molecule has 0 aliphatic rings. The first-order chi connectivity index (χ1) is 9.55. The molecule has 1 aromatic heterocycles. The lowest BCUT2D eigenvalue weighted by Gasteiger charge is -2.09. The Balaban J connectivity index is 2.29. The van der Waals surface area contributed by atoms with Crippen LogP contribution < -0.4 is 4.74 Å². The molecule has 0 saturated carbocycles. The molecular formula is C15H17BrN2O2. The van der Waals surface area contributed by atoms with Crippen molar-refractivity contribution in [2.75, 3.05) is 7.11 Å². The van der Waals surface area contributed by atoms with Gasteiger partial charge in [-0.25, -0.2) is 0 Å². The third-order valence-electron chi connectivity index (χ3n) is 3.08. The number of ether oxygens (including phenoxy) is 1. The van der Waals surface area contributed by atoms with Gasteiger partial charge in [0.2, 0.25) is 0 Å². The van der Waals surface area contributed by atoms with E-state index >= 15 is 0 Å². The van der Waals surface area contributed by atoms with Crippen molar-refractivity contribution in [3.8, 4) is 5.75 Å².